The molecule has 0 aliphatic rings. The standard InChI is InChI=1S/C46H76O6/c1-4-7-10-13-16-19-21-22-23-24-25-28-30-33-36-39-45(48)51-42-43(41-50-44(47)38-35-32-29-26-18-15-12-9-6-3)52-46(49)40-37-34-31-27-20-17-14-11-8-5-2/h7,10-11,14,16,19,22-23,25,28,33,36,43H,4-6,8-9,12-13,15,17-18,20-21,24,26-27,29-32,34-35,37-42H2,1-3H3/b10-7-,14-11-,19-16-,23-22-,28-25-,36-33-. The maximum absolute atomic E-state index is 12.6. The van der Waals surface area contributed by atoms with Gasteiger partial charge in [-0.3, -0.25) is 14.4 Å². The molecule has 0 N–H and O–H groups in total. The molecule has 0 aliphatic carbocycles. The van der Waals surface area contributed by atoms with Crippen LogP contribution in [0.2, 0.25) is 0 Å². The maximum Gasteiger partial charge on any atom is 0.309 e. The molecule has 0 aromatic carbocycles. The van der Waals surface area contributed by atoms with Gasteiger partial charge in [-0.15, -0.1) is 0 Å². The lowest BCUT2D eigenvalue weighted by Gasteiger charge is -2.18. The summed E-state index contributed by atoms with van der Waals surface area (Å²) in [6.07, 6.45) is 49.1. The van der Waals surface area contributed by atoms with Gasteiger partial charge in [0.1, 0.15) is 13.2 Å². The van der Waals surface area contributed by atoms with Gasteiger partial charge in [0.25, 0.3) is 0 Å². The van der Waals surface area contributed by atoms with Crippen LogP contribution in [0.15, 0.2) is 72.9 Å². The highest BCUT2D eigenvalue weighted by atomic mass is 16.6. The summed E-state index contributed by atoms with van der Waals surface area (Å²) in [7, 11) is 0. The molecule has 0 bridgehead atoms. The monoisotopic (exact) mass is 725 g/mol. The molecule has 0 aliphatic heterocycles. The fraction of sp³-hybridized carbons (Fsp3) is 0.674. The van der Waals surface area contributed by atoms with Gasteiger partial charge in [0.05, 0.1) is 6.42 Å². The van der Waals surface area contributed by atoms with E-state index in [1.165, 1.54) is 51.4 Å². The first-order valence-electron chi connectivity index (χ1n) is 20.9. The summed E-state index contributed by atoms with van der Waals surface area (Å²) in [6, 6.07) is 0. The van der Waals surface area contributed by atoms with E-state index in [1.54, 1.807) is 6.08 Å². The SMILES string of the molecule is CC/C=C\C/C=C\C/C=C\C/C=C\C/C=C\CC(=O)OCC(COC(=O)CCCCCCCCCCC)OC(=O)CCCCCCC/C=C\CCC. The van der Waals surface area contributed by atoms with Crippen LogP contribution < -0.4 is 0 Å². The number of esters is 3. The van der Waals surface area contributed by atoms with Crippen molar-refractivity contribution in [3.8, 4) is 0 Å². The second-order valence-electron chi connectivity index (χ2n) is 13.5. The molecular weight excluding hydrogens is 648 g/mol. The van der Waals surface area contributed by atoms with Crippen LogP contribution in [0.5, 0.6) is 0 Å². The van der Waals surface area contributed by atoms with Crippen LogP contribution >= 0.6 is 0 Å². The van der Waals surface area contributed by atoms with Crippen molar-refractivity contribution in [3.63, 3.8) is 0 Å². The summed E-state index contributed by atoms with van der Waals surface area (Å²) >= 11 is 0. The predicted molar refractivity (Wildman–Crippen MR) is 219 cm³/mol. The van der Waals surface area contributed by atoms with Crippen LogP contribution in [0.4, 0.5) is 0 Å². The van der Waals surface area contributed by atoms with Crippen molar-refractivity contribution in [2.45, 2.75) is 187 Å². The number of rotatable bonds is 36. The number of carbonyl (C=O) groups excluding carboxylic acids is 3. The Balaban J connectivity index is 4.52. The van der Waals surface area contributed by atoms with E-state index < -0.39 is 12.1 Å². The summed E-state index contributed by atoms with van der Waals surface area (Å²) in [6.45, 7) is 6.31. The summed E-state index contributed by atoms with van der Waals surface area (Å²) in [5.74, 6) is -1.07. The molecule has 0 rings (SSSR count). The van der Waals surface area contributed by atoms with Gasteiger partial charge in [-0.1, -0.05) is 171 Å². The molecule has 1 atom stereocenters. The quantitative estimate of drug-likeness (QED) is 0.0277. The number of unbranched alkanes of at least 4 members (excludes halogenated alkanes) is 14. The Kier molecular flexibility index (Phi) is 38.2. The Hall–Kier alpha value is -3.15. The maximum atomic E-state index is 12.6. The first kappa shape index (κ1) is 48.9. The van der Waals surface area contributed by atoms with Crippen molar-refractivity contribution < 1.29 is 28.6 Å². The fourth-order valence-corrected chi connectivity index (χ4v) is 5.34. The Labute approximate surface area is 319 Å². The van der Waals surface area contributed by atoms with E-state index in [9.17, 15) is 14.4 Å². The van der Waals surface area contributed by atoms with Crippen molar-refractivity contribution in [2.24, 2.45) is 0 Å². The Morgan fingerprint density at radius 3 is 1.40 bits per heavy atom. The molecule has 1 unspecified atom stereocenters. The fourth-order valence-electron chi connectivity index (χ4n) is 5.34. The highest BCUT2D eigenvalue weighted by Crippen LogP contribution is 2.12. The number of ether oxygens (including phenoxy) is 3. The zero-order valence-corrected chi connectivity index (χ0v) is 33.5. The second-order valence-corrected chi connectivity index (χ2v) is 13.5. The molecule has 0 saturated carbocycles. The van der Waals surface area contributed by atoms with E-state index in [1.807, 2.05) is 6.08 Å². The van der Waals surface area contributed by atoms with E-state index in [0.29, 0.717) is 12.8 Å². The Morgan fingerprint density at radius 1 is 0.423 bits per heavy atom. The number of hydrogen-bond acceptors (Lipinski definition) is 6. The molecule has 0 radical (unpaired) electrons. The van der Waals surface area contributed by atoms with E-state index in [4.69, 9.17) is 14.2 Å². The zero-order chi connectivity index (χ0) is 38.0. The summed E-state index contributed by atoms with van der Waals surface area (Å²) < 4.78 is 16.5. The minimum Gasteiger partial charge on any atom is -0.462 e. The lowest BCUT2D eigenvalue weighted by atomic mass is 10.1. The molecule has 296 valence electrons. The first-order chi connectivity index (χ1) is 25.5. The highest BCUT2D eigenvalue weighted by molar-refractivity contribution is 5.72. The average Bonchev–Trinajstić information content (AvgIpc) is 3.14. The number of allylic oxidation sites excluding steroid dienone is 11. The van der Waals surface area contributed by atoms with Crippen molar-refractivity contribution in [3.05, 3.63) is 72.9 Å². The Bertz CT molecular complexity index is 1020. The van der Waals surface area contributed by atoms with Crippen molar-refractivity contribution in [2.75, 3.05) is 13.2 Å². The molecule has 6 nitrogen and oxygen atoms in total. The number of carbonyl (C=O) groups is 3. The molecule has 0 fully saturated rings. The van der Waals surface area contributed by atoms with E-state index in [0.717, 1.165) is 89.9 Å². The summed E-state index contributed by atoms with van der Waals surface area (Å²) in [4.78, 5) is 37.5. The molecule has 0 spiro atoms. The minimum atomic E-state index is -0.813. The van der Waals surface area contributed by atoms with Gasteiger partial charge in [0.2, 0.25) is 0 Å². The molecule has 0 saturated heterocycles. The zero-order valence-electron chi connectivity index (χ0n) is 33.5. The molecule has 52 heavy (non-hydrogen) atoms. The average molecular weight is 725 g/mol. The second kappa shape index (κ2) is 40.6. The molecule has 0 amide bonds. The summed E-state index contributed by atoms with van der Waals surface area (Å²) in [5.41, 5.74) is 0. The smallest absolute Gasteiger partial charge is 0.309 e. The first-order valence-corrected chi connectivity index (χ1v) is 20.9. The van der Waals surface area contributed by atoms with Crippen LogP contribution in [0, 0.1) is 0 Å². The third kappa shape index (κ3) is 38.1. The highest BCUT2D eigenvalue weighted by Gasteiger charge is 2.19. The van der Waals surface area contributed by atoms with Crippen molar-refractivity contribution >= 4 is 17.9 Å². The van der Waals surface area contributed by atoms with Crippen LogP contribution in [0.25, 0.3) is 0 Å². The van der Waals surface area contributed by atoms with Crippen molar-refractivity contribution in [1.82, 2.24) is 0 Å². The molecule has 6 heteroatoms. The number of hydrogen-bond donors (Lipinski definition) is 0. The molecule has 0 aromatic heterocycles. The van der Waals surface area contributed by atoms with Gasteiger partial charge < -0.3 is 14.2 Å². The molecule has 0 aromatic rings. The van der Waals surface area contributed by atoms with Gasteiger partial charge in [-0.2, -0.15) is 0 Å². The van der Waals surface area contributed by atoms with Gasteiger partial charge in [0.15, 0.2) is 6.10 Å². The third-order valence-electron chi connectivity index (χ3n) is 8.46. The van der Waals surface area contributed by atoms with E-state index in [2.05, 4.69) is 81.5 Å². The molecular formula is C46H76O6. The van der Waals surface area contributed by atoms with Gasteiger partial charge in [-0.25, -0.2) is 0 Å². The molecule has 0 heterocycles. The van der Waals surface area contributed by atoms with Crippen LogP contribution in [0.3, 0.4) is 0 Å². The minimum absolute atomic E-state index is 0.109. The van der Waals surface area contributed by atoms with Gasteiger partial charge >= 0.3 is 17.9 Å². The van der Waals surface area contributed by atoms with Crippen LogP contribution in [-0.4, -0.2) is 37.2 Å². The normalized spacial score (nSPS) is 12.8. The predicted octanol–water partition coefficient (Wildman–Crippen LogP) is 13.1. The lowest BCUT2D eigenvalue weighted by Crippen LogP contribution is -2.30. The third-order valence-corrected chi connectivity index (χ3v) is 8.46. The van der Waals surface area contributed by atoms with E-state index in [-0.39, 0.29) is 31.6 Å². The lowest BCUT2D eigenvalue weighted by molar-refractivity contribution is -0.166. The van der Waals surface area contributed by atoms with Crippen LogP contribution in [0.1, 0.15) is 181 Å². The van der Waals surface area contributed by atoms with Crippen LogP contribution in [-0.2, 0) is 28.6 Å². The van der Waals surface area contributed by atoms with Gasteiger partial charge in [0, 0.05) is 12.8 Å². The summed E-state index contributed by atoms with van der Waals surface area (Å²) in [5, 5.41) is 0. The van der Waals surface area contributed by atoms with E-state index >= 15 is 0 Å². The topological polar surface area (TPSA) is 78.9 Å². The van der Waals surface area contributed by atoms with Crippen molar-refractivity contribution in [1.29, 1.82) is 0 Å². The largest absolute Gasteiger partial charge is 0.462 e. The Morgan fingerprint density at radius 2 is 0.865 bits per heavy atom. The van der Waals surface area contributed by atoms with Gasteiger partial charge in [-0.05, 0) is 64.2 Å².